The molecule has 1 amide bonds. The number of guanidine groups is 2. The second-order valence-corrected chi connectivity index (χ2v) is 7.03. The molecule has 0 aromatic rings. The Balaban J connectivity index is 1.85. The number of hydrogen-bond donors (Lipinski definition) is 8. The average Bonchev–Trinajstić information content (AvgIpc) is 2.93. The maximum atomic E-state index is 11.4. The number of rotatable bonds is 3. The van der Waals surface area contributed by atoms with E-state index in [1.54, 1.807) is 0 Å². The van der Waals surface area contributed by atoms with Gasteiger partial charge in [-0.1, -0.05) is 0 Å². The molecule has 0 aromatic heterocycles. The first-order valence-electron chi connectivity index (χ1n) is 7.11. The van der Waals surface area contributed by atoms with Crippen LogP contribution in [0.2, 0.25) is 0 Å². The summed E-state index contributed by atoms with van der Waals surface area (Å²) in [6.45, 7) is -0.280. The van der Waals surface area contributed by atoms with Crippen molar-refractivity contribution >= 4 is 28.3 Å². The summed E-state index contributed by atoms with van der Waals surface area (Å²) >= 11 is 0. The zero-order valence-electron chi connectivity index (χ0n) is 12.7. The van der Waals surface area contributed by atoms with E-state index in [-0.39, 0.29) is 24.9 Å². The smallest absolute Gasteiger partial charge is 0.422 e. The van der Waals surface area contributed by atoms with Crippen molar-refractivity contribution in [3.05, 3.63) is 0 Å². The number of hydrogen-bond acceptors (Lipinski definition) is 11. The van der Waals surface area contributed by atoms with E-state index in [0.717, 1.165) is 0 Å². The van der Waals surface area contributed by atoms with Crippen molar-refractivity contribution in [1.29, 1.82) is 0 Å². The molecule has 3 aliphatic heterocycles. The molecular weight excluding hydrogens is 362 g/mol. The molecule has 0 unspecified atom stereocenters. The lowest BCUT2D eigenvalue weighted by Gasteiger charge is -2.45. The molecular formula is C10H18N7O7S+. The summed E-state index contributed by atoms with van der Waals surface area (Å²) < 4.78 is 35.6. The quantitative estimate of drug-likeness (QED) is 0.169. The van der Waals surface area contributed by atoms with Crippen molar-refractivity contribution in [3.63, 3.8) is 0 Å². The fourth-order valence-corrected chi connectivity index (χ4v) is 3.71. The molecule has 10 N–H and O–H groups in total. The molecule has 15 heteroatoms. The normalized spacial score (nSPS) is 32.8. The third kappa shape index (κ3) is 2.70. The van der Waals surface area contributed by atoms with Gasteiger partial charge in [0.05, 0.1) is 0 Å². The first kappa shape index (κ1) is 17.5. The highest BCUT2D eigenvalue weighted by Gasteiger charge is 2.72. The molecule has 0 aromatic carbocycles. The van der Waals surface area contributed by atoms with Gasteiger partial charge in [0.2, 0.25) is 5.79 Å². The zero-order valence-corrected chi connectivity index (χ0v) is 13.5. The second kappa shape index (κ2) is 5.32. The number of ether oxygens (including phenoxy) is 1. The summed E-state index contributed by atoms with van der Waals surface area (Å²) in [5, 5.41) is 23.6. The maximum Gasteiger partial charge on any atom is 0.422 e. The van der Waals surface area contributed by atoms with Crippen LogP contribution in [0.1, 0.15) is 6.42 Å². The highest BCUT2D eigenvalue weighted by atomic mass is 32.2. The van der Waals surface area contributed by atoms with Gasteiger partial charge in [0.1, 0.15) is 12.6 Å². The Labute approximate surface area is 141 Å². The molecule has 25 heavy (non-hydrogen) atoms. The first-order valence-corrected chi connectivity index (χ1v) is 8.55. The van der Waals surface area contributed by atoms with Crippen LogP contribution >= 0.6 is 0 Å². The summed E-state index contributed by atoms with van der Waals surface area (Å²) in [6, 6.07) is -1.77. The van der Waals surface area contributed by atoms with Gasteiger partial charge in [0, 0.05) is 13.0 Å². The van der Waals surface area contributed by atoms with E-state index >= 15 is 0 Å². The van der Waals surface area contributed by atoms with Gasteiger partial charge >= 0.3 is 22.4 Å². The van der Waals surface area contributed by atoms with Crippen molar-refractivity contribution in [2.24, 2.45) is 16.5 Å². The third-order valence-corrected chi connectivity index (χ3v) is 4.79. The Morgan fingerprint density at radius 1 is 1.52 bits per heavy atom. The molecule has 14 nitrogen and oxygen atoms in total. The Bertz CT molecular complexity index is 766. The lowest BCUT2D eigenvalue weighted by atomic mass is 9.87. The molecule has 1 fully saturated rings. The van der Waals surface area contributed by atoms with Gasteiger partial charge in [-0.2, -0.15) is 13.1 Å². The Morgan fingerprint density at radius 2 is 2.20 bits per heavy atom. The molecule has 3 aliphatic rings. The number of carbonyl (C=O) groups excluding carboxylic acids is 1. The van der Waals surface area contributed by atoms with Crippen LogP contribution in [0.25, 0.3) is 0 Å². The topological polar surface area (TPSA) is 227 Å². The van der Waals surface area contributed by atoms with Crippen LogP contribution in [0.15, 0.2) is 4.99 Å². The van der Waals surface area contributed by atoms with Crippen LogP contribution in [-0.4, -0.2) is 82.8 Å². The first-order chi connectivity index (χ1) is 11.5. The van der Waals surface area contributed by atoms with Crippen molar-refractivity contribution in [3.8, 4) is 0 Å². The molecule has 0 aliphatic carbocycles. The predicted octanol–water partition coefficient (Wildman–Crippen LogP) is -6.34. The molecule has 1 spiro atoms. The molecule has 1 saturated heterocycles. The lowest BCUT2D eigenvalue weighted by molar-refractivity contribution is -0.522. The van der Waals surface area contributed by atoms with E-state index in [1.165, 1.54) is 9.62 Å². The summed E-state index contributed by atoms with van der Waals surface area (Å²) in [5.41, 5.74) is 10.1. The Hall–Kier alpha value is -2.36. The SMILES string of the molecule is NC1=N[C@@H](COC(=O)NS(=O)(=O)O)[C@@H]2[NH+]=C(N)N[C@]23N1CCC3(O)O. The van der Waals surface area contributed by atoms with Crippen LogP contribution in [-0.2, 0) is 15.0 Å². The van der Waals surface area contributed by atoms with Gasteiger partial charge < -0.3 is 25.6 Å². The fraction of sp³-hybridized carbons (Fsp3) is 0.700. The molecule has 0 radical (unpaired) electrons. The number of aliphatic hydroxyl groups is 2. The van der Waals surface area contributed by atoms with Crippen molar-refractivity contribution in [1.82, 2.24) is 14.9 Å². The predicted molar refractivity (Wildman–Crippen MR) is 79.7 cm³/mol. The van der Waals surface area contributed by atoms with E-state index in [4.69, 9.17) is 20.8 Å². The van der Waals surface area contributed by atoms with Crippen molar-refractivity contribution in [2.45, 2.75) is 30.0 Å². The zero-order chi connectivity index (χ0) is 18.6. The fourth-order valence-electron chi connectivity index (χ4n) is 3.44. The van der Waals surface area contributed by atoms with E-state index < -0.39 is 46.5 Å². The summed E-state index contributed by atoms with van der Waals surface area (Å²) in [5.74, 6) is -2.21. The van der Waals surface area contributed by atoms with Crippen molar-refractivity contribution < 1.29 is 37.7 Å². The monoisotopic (exact) mass is 380 g/mol. The van der Waals surface area contributed by atoms with Crippen LogP contribution in [0.3, 0.4) is 0 Å². The Kier molecular flexibility index (Phi) is 3.71. The van der Waals surface area contributed by atoms with E-state index in [2.05, 4.69) is 15.3 Å². The molecule has 3 atom stereocenters. The molecule has 0 bridgehead atoms. The minimum Gasteiger partial charge on any atom is -0.446 e. The maximum absolute atomic E-state index is 11.4. The number of nitrogens with zero attached hydrogens (tertiary/aromatic N) is 2. The Morgan fingerprint density at radius 3 is 2.84 bits per heavy atom. The van der Waals surface area contributed by atoms with Gasteiger partial charge in [0.15, 0.2) is 12.0 Å². The van der Waals surface area contributed by atoms with Crippen LogP contribution < -0.4 is 26.5 Å². The summed E-state index contributed by atoms with van der Waals surface area (Å²) in [6.07, 6.45) is -1.47. The standard InChI is InChI=1S/C10H17N7O7S/c11-6-14-5-4(3-24-8(18)16-25(21,22)23)13-7(12)17-2-1-9(19,20)10(5,17)15-6/h4-5,19-20H,1-3H2,(H2,12,13)(H,16,18)(H3,11,14,15)(H,21,22,23)/p+1/t4-,5-,10-/m0/s1. The number of aliphatic imine (C=N–C) groups is 1. The molecule has 3 rings (SSSR count). The molecule has 140 valence electrons. The average molecular weight is 380 g/mol. The summed E-state index contributed by atoms with van der Waals surface area (Å²) in [7, 11) is -4.77. The van der Waals surface area contributed by atoms with Gasteiger partial charge in [-0.25, -0.2) is 15.1 Å². The largest absolute Gasteiger partial charge is 0.446 e. The van der Waals surface area contributed by atoms with E-state index in [1.807, 2.05) is 0 Å². The van der Waals surface area contributed by atoms with E-state index in [0.29, 0.717) is 0 Å². The van der Waals surface area contributed by atoms with Gasteiger partial charge in [-0.05, 0) is 0 Å². The second-order valence-electron chi connectivity index (χ2n) is 5.88. The minimum atomic E-state index is -4.77. The molecule has 3 heterocycles. The number of nitrogens with two attached hydrogens (primary N) is 2. The minimum absolute atomic E-state index is 0.0333. The number of amides is 1. The number of carbonyl (C=O) groups is 1. The van der Waals surface area contributed by atoms with Gasteiger partial charge in [-0.15, -0.1) is 0 Å². The van der Waals surface area contributed by atoms with Crippen LogP contribution in [0.4, 0.5) is 4.79 Å². The van der Waals surface area contributed by atoms with Crippen LogP contribution in [0.5, 0.6) is 0 Å². The number of nitrogens with one attached hydrogen (secondary N) is 3. The van der Waals surface area contributed by atoms with Crippen molar-refractivity contribution in [2.75, 3.05) is 13.2 Å². The van der Waals surface area contributed by atoms with Gasteiger partial charge in [-0.3, -0.25) is 15.3 Å². The highest BCUT2D eigenvalue weighted by Crippen LogP contribution is 2.40. The van der Waals surface area contributed by atoms with Gasteiger partial charge in [0.25, 0.3) is 5.66 Å². The van der Waals surface area contributed by atoms with E-state index in [9.17, 15) is 23.4 Å². The highest BCUT2D eigenvalue weighted by molar-refractivity contribution is 7.84. The summed E-state index contributed by atoms with van der Waals surface area (Å²) in [4.78, 5) is 19.7. The van der Waals surface area contributed by atoms with Crippen LogP contribution in [0, 0.1) is 0 Å². The lowest BCUT2D eigenvalue weighted by Crippen LogP contribution is -2.89. The molecule has 0 saturated carbocycles. The third-order valence-electron chi connectivity index (χ3n) is 4.36.